The number of likely N-dealkylation sites (N-methyl/N-ethyl adjacent to an activating group) is 2. The Hall–Kier alpha value is -0.160. The lowest BCUT2D eigenvalue weighted by molar-refractivity contribution is 0.176. The van der Waals surface area contributed by atoms with E-state index in [1.165, 1.54) is 0 Å². The second-order valence-corrected chi connectivity index (χ2v) is 4.79. The van der Waals surface area contributed by atoms with Crippen molar-refractivity contribution in [2.45, 2.75) is 37.1 Å². The lowest BCUT2D eigenvalue weighted by atomic mass is 10.0. The highest BCUT2D eigenvalue weighted by molar-refractivity contribution is 4.96. The van der Waals surface area contributed by atoms with Gasteiger partial charge in [0.25, 0.3) is 0 Å². The fourth-order valence-electron chi connectivity index (χ4n) is 2.90. The van der Waals surface area contributed by atoms with Crippen molar-refractivity contribution in [2.75, 3.05) is 27.2 Å². The van der Waals surface area contributed by atoms with Crippen LogP contribution in [0.4, 0.5) is 0 Å². The number of β-amino-alcohol motifs (C(OH)–C–C–N with tert-alkyl or cyclic N) is 2. The van der Waals surface area contributed by atoms with Gasteiger partial charge in [-0.25, -0.2) is 0 Å². The van der Waals surface area contributed by atoms with Gasteiger partial charge in [-0.1, -0.05) is 0 Å². The average molecular weight is 200 g/mol. The summed E-state index contributed by atoms with van der Waals surface area (Å²) >= 11 is 0. The Kier molecular flexibility index (Phi) is 2.79. The largest absolute Gasteiger partial charge is 0.392 e. The number of aliphatic hydroxyl groups excluding tert-OH is 2. The molecule has 2 fully saturated rings. The van der Waals surface area contributed by atoms with Gasteiger partial charge in [-0.05, 0) is 26.9 Å². The molecule has 14 heavy (non-hydrogen) atoms. The number of likely N-dealkylation sites (tertiary alicyclic amines) is 2. The number of nitrogens with zero attached hydrogens (tertiary/aromatic N) is 2. The summed E-state index contributed by atoms with van der Waals surface area (Å²) in [7, 11) is 4.11. The van der Waals surface area contributed by atoms with Crippen molar-refractivity contribution in [3.63, 3.8) is 0 Å². The van der Waals surface area contributed by atoms with Crippen LogP contribution in [0.2, 0.25) is 0 Å². The van der Waals surface area contributed by atoms with E-state index in [9.17, 15) is 10.2 Å². The molecule has 4 heteroatoms. The molecular weight excluding hydrogens is 180 g/mol. The first kappa shape index (κ1) is 10.4. The highest BCUT2D eigenvalue weighted by Crippen LogP contribution is 2.28. The van der Waals surface area contributed by atoms with Gasteiger partial charge in [0, 0.05) is 25.2 Å². The third-order valence-corrected chi connectivity index (χ3v) is 3.60. The van der Waals surface area contributed by atoms with Crippen LogP contribution < -0.4 is 0 Å². The van der Waals surface area contributed by atoms with Gasteiger partial charge in [0.2, 0.25) is 0 Å². The molecule has 2 aliphatic heterocycles. The van der Waals surface area contributed by atoms with E-state index in [1.54, 1.807) is 0 Å². The van der Waals surface area contributed by atoms with E-state index in [0.29, 0.717) is 12.1 Å². The van der Waals surface area contributed by atoms with Gasteiger partial charge in [-0.15, -0.1) is 0 Å². The SMILES string of the molecule is CN1CC(O)CC1C1C[C@H](O)CN1C. The number of rotatable bonds is 1. The van der Waals surface area contributed by atoms with E-state index < -0.39 is 0 Å². The summed E-state index contributed by atoms with van der Waals surface area (Å²) in [6, 6.07) is 0.819. The minimum atomic E-state index is -0.184. The van der Waals surface area contributed by atoms with Gasteiger partial charge in [-0.2, -0.15) is 0 Å². The summed E-state index contributed by atoms with van der Waals surface area (Å²) in [4.78, 5) is 4.42. The molecule has 4 nitrogen and oxygen atoms in total. The van der Waals surface area contributed by atoms with Crippen molar-refractivity contribution in [3.05, 3.63) is 0 Å². The van der Waals surface area contributed by atoms with Crippen LogP contribution in [0.3, 0.4) is 0 Å². The van der Waals surface area contributed by atoms with Crippen molar-refractivity contribution in [1.82, 2.24) is 9.80 Å². The Balaban J connectivity index is 2.01. The quantitative estimate of drug-likeness (QED) is 0.577. The molecule has 0 saturated carbocycles. The molecule has 0 aromatic rings. The molecule has 0 aliphatic carbocycles. The fraction of sp³-hybridized carbons (Fsp3) is 1.00. The van der Waals surface area contributed by atoms with Crippen LogP contribution in [0, 0.1) is 0 Å². The third-order valence-electron chi connectivity index (χ3n) is 3.60. The van der Waals surface area contributed by atoms with Crippen LogP contribution in [0.15, 0.2) is 0 Å². The topological polar surface area (TPSA) is 46.9 Å². The second-order valence-electron chi connectivity index (χ2n) is 4.79. The Bertz CT molecular complexity index is 190. The molecule has 0 radical (unpaired) electrons. The zero-order valence-corrected chi connectivity index (χ0v) is 8.93. The van der Waals surface area contributed by atoms with E-state index in [-0.39, 0.29) is 12.2 Å². The van der Waals surface area contributed by atoms with E-state index in [0.717, 1.165) is 25.9 Å². The first-order valence-corrected chi connectivity index (χ1v) is 5.34. The van der Waals surface area contributed by atoms with E-state index in [2.05, 4.69) is 23.9 Å². The van der Waals surface area contributed by atoms with Crippen LogP contribution in [0.5, 0.6) is 0 Å². The molecule has 0 spiro atoms. The Morgan fingerprint density at radius 2 is 1.21 bits per heavy atom. The van der Waals surface area contributed by atoms with Gasteiger partial charge in [0.1, 0.15) is 0 Å². The molecule has 2 heterocycles. The van der Waals surface area contributed by atoms with Crippen molar-refractivity contribution >= 4 is 0 Å². The molecule has 2 N–H and O–H groups in total. The minimum absolute atomic E-state index is 0.184. The van der Waals surface area contributed by atoms with Gasteiger partial charge < -0.3 is 10.2 Å². The second kappa shape index (κ2) is 3.77. The summed E-state index contributed by atoms with van der Waals surface area (Å²) in [6.07, 6.45) is 1.32. The molecule has 2 saturated heterocycles. The molecule has 82 valence electrons. The normalized spacial score (nSPS) is 46.3. The Morgan fingerprint density at radius 1 is 0.857 bits per heavy atom. The van der Waals surface area contributed by atoms with E-state index in [4.69, 9.17) is 0 Å². The zero-order valence-electron chi connectivity index (χ0n) is 8.93. The predicted molar refractivity (Wildman–Crippen MR) is 54.1 cm³/mol. The molecule has 2 rings (SSSR count). The Morgan fingerprint density at radius 3 is 1.43 bits per heavy atom. The summed E-state index contributed by atoms with van der Waals surface area (Å²) in [5.74, 6) is 0. The number of hydrogen-bond donors (Lipinski definition) is 2. The molecule has 2 aliphatic rings. The van der Waals surface area contributed by atoms with Crippen LogP contribution in [-0.4, -0.2) is 71.5 Å². The smallest absolute Gasteiger partial charge is 0.0682 e. The van der Waals surface area contributed by atoms with E-state index in [1.807, 2.05) is 0 Å². The first-order chi connectivity index (χ1) is 6.58. The summed E-state index contributed by atoms with van der Waals surface area (Å²) in [6.45, 7) is 1.54. The third kappa shape index (κ3) is 1.80. The average Bonchev–Trinajstić information content (AvgIpc) is 2.55. The van der Waals surface area contributed by atoms with Crippen LogP contribution in [-0.2, 0) is 0 Å². The minimum Gasteiger partial charge on any atom is -0.392 e. The molecule has 3 unspecified atom stereocenters. The molecule has 0 bridgehead atoms. The van der Waals surface area contributed by atoms with Gasteiger partial charge >= 0.3 is 0 Å². The maximum atomic E-state index is 9.56. The van der Waals surface area contributed by atoms with E-state index >= 15 is 0 Å². The standard InChI is InChI=1S/C10H20N2O2/c1-11-5-7(13)3-9(11)10-4-8(14)6-12(10)2/h7-10,13-14H,3-6H2,1-2H3/t7-,8?,9?,10?/m0/s1. The number of aliphatic hydroxyl groups is 2. The highest BCUT2D eigenvalue weighted by Gasteiger charge is 2.40. The van der Waals surface area contributed by atoms with Crippen molar-refractivity contribution in [1.29, 1.82) is 0 Å². The summed E-state index contributed by atoms with van der Waals surface area (Å²) < 4.78 is 0. The summed E-state index contributed by atoms with van der Waals surface area (Å²) in [5, 5.41) is 19.1. The first-order valence-electron chi connectivity index (χ1n) is 5.34. The van der Waals surface area contributed by atoms with Crippen molar-refractivity contribution in [3.8, 4) is 0 Å². The number of hydrogen-bond acceptors (Lipinski definition) is 4. The fourth-order valence-corrected chi connectivity index (χ4v) is 2.90. The van der Waals surface area contributed by atoms with Crippen LogP contribution in [0.1, 0.15) is 12.8 Å². The van der Waals surface area contributed by atoms with Crippen LogP contribution in [0.25, 0.3) is 0 Å². The zero-order chi connectivity index (χ0) is 10.3. The molecule has 0 aromatic heterocycles. The Labute approximate surface area is 85.1 Å². The van der Waals surface area contributed by atoms with Crippen LogP contribution >= 0.6 is 0 Å². The van der Waals surface area contributed by atoms with Gasteiger partial charge in [0.05, 0.1) is 12.2 Å². The lowest BCUT2D eigenvalue weighted by Crippen LogP contribution is -2.42. The van der Waals surface area contributed by atoms with Gasteiger partial charge in [0.15, 0.2) is 0 Å². The lowest BCUT2D eigenvalue weighted by Gasteiger charge is -2.30. The maximum Gasteiger partial charge on any atom is 0.0682 e. The van der Waals surface area contributed by atoms with Crippen molar-refractivity contribution in [2.24, 2.45) is 0 Å². The molecule has 0 aromatic carbocycles. The summed E-state index contributed by atoms with van der Waals surface area (Å²) in [5.41, 5.74) is 0. The van der Waals surface area contributed by atoms with Gasteiger partial charge in [-0.3, -0.25) is 9.80 Å². The predicted octanol–water partition coefficient (Wildman–Crippen LogP) is -0.884. The maximum absolute atomic E-state index is 9.56. The van der Waals surface area contributed by atoms with Crippen molar-refractivity contribution < 1.29 is 10.2 Å². The highest BCUT2D eigenvalue weighted by atomic mass is 16.3. The molecule has 4 atom stereocenters. The molecular formula is C10H20N2O2. The monoisotopic (exact) mass is 200 g/mol. The molecule has 0 amide bonds.